The summed E-state index contributed by atoms with van der Waals surface area (Å²) in [6, 6.07) is 13.0. The van der Waals surface area contributed by atoms with Gasteiger partial charge in [0.2, 0.25) is 0 Å². The Balaban J connectivity index is 1.21. The minimum Gasteiger partial charge on any atom is -0.491 e. The molecule has 0 bridgehead atoms. The maximum absolute atomic E-state index is 15.1. The zero-order valence-electron chi connectivity index (χ0n) is 19.3. The highest BCUT2D eigenvalue weighted by Crippen LogP contribution is 2.29. The van der Waals surface area contributed by atoms with Crippen LogP contribution in [0.15, 0.2) is 53.5 Å². The van der Waals surface area contributed by atoms with Crippen LogP contribution in [0.1, 0.15) is 25.7 Å². The van der Waals surface area contributed by atoms with E-state index in [1.807, 2.05) is 30.3 Å². The van der Waals surface area contributed by atoms with E-state index in [1.165, 1.54) is 17.1 Å². The van der Waals surface area contributed by atoms with Gasteiger partial charge in [0.15, 0.2) is 0 Å². The van der Waals surface area contributed by atoms with Crippen LogP contribution in [0, 0.1) is 5.82 Å². The predicted octanol–water partition coefficient (Wildman–Crippen LogP) is 3.97. The lowest BCUT2D eigenvalue weighted by Gasteiger charge is -2.36. The first kappa shape index (κ1) is 21.6. The molecule has 0 amide bonds. The zero-order chi connectivity index (χ0) is 23.1. The van der Waals surface area contributed by atoms with Crippen LogP contribution >= 0.6 is 0 Å². The normalized spacial score (nSPS) is 22.9. The summed E-state index contributed by atoms with van der Waals surface area (Å²) < 4.78 is 28.1. The fraction of sp³-hybridized carbons (Fsp3) is 0.444. The van der Waals surface area contributed by atoms with Gasteiger partial charge in [-0.15, -0.1) is 0 Å². The van der Waals surface area contributed by atoms with E-state index in [4.69, 9.17) is 9.47 Å². The third-order valence-corrected chi connectivity index (χ3v) is 7.46. The molecule has 34 heavy (non-hydrogen) atoms. The number of fused-ring (bicyclic) bond motifs is 1. The molecular weight excluding hydrogens is 433 g/mol. The highest BCUT2D eigenvalue weighted by molar-refractivity contribution is 5.83. The summed E-state index contributed by atoms with van der Waals surface area (Å²) in [7, 11) is 0. The summed E-state index contributed by atoms with van der Waals surface area (Å²) in [6.07, 6.45) is 6.28. The number of hydrogen-bond acceptors (Lipinski definition) is 5. The zero-order valence-corrected chi connectivity index (χ0v) is 19.3. The second kappa shape index (κ2) is 9.04. The van der Waals surface area contributed by atoms with Crippen LogP contribution in [-0.2, 0) is 4.74 Å². The van der Waals surface area contributed by atoms with E-state index < -0.39 is 0 Å². The Hall–Kier alpha value is -2.90. The van der Waals surface area contributed by atoms with Gasteiger partial charge >= 0.3 is 0 Å². The Labute approximate surface area is 198 Å². The number of halogens is 1. The Morgan fingerprint density at radius 3 is 2.71 bits per heavy atom. The van der Waals surface area contributed by atoms with E-state index in [0.29, 0.717) is 29.4 Å². The molecule has 6 rings (SSSR count). The van der Waals surface area contributed by atoms with Gasteiger partial charge in [0.1, 0.15) is 18.2 Å². The molecule has 2 aromatic carbocycles. The summed E-state index contributed by atoms with van der Waals surface area (Å²) in [4.78, 5) is 17.8. The Kier molecular flexibility index (Phi) is 5.75. The molecule has 2 atom stereocenters. The third-order valence-electron chi connectivity index (χ3n) is 7.46. The van der Waals surface area contributed by atoms with Crippen molar-refractivity contribution >= 4 is 16.5 Å². The van der Waals surface area contributed by atoms with Gasteiger partial charge in [-0.05, 0) is 80.6 Å². The van der Waals surface area contributed by atoms with Crippen molar-refractivity contribution in [1.82, 2.24) is 9.47 Å². The fourth-order valence-corrected chi connectivity index (χ4v) is 5.35. The van der Waals surface area contributed by atoms with Crippen molar-refractivity contribution in [2.45, 2.75) is 37.8 Å². The van der Waals surface area contributed by atoms with E-state index in [-0.39, 0.29) is 17.5 Å². The van der Waals surface area contributed by atoms with Crippen LogP contribution in [0.5, 0.6) is 5.75 Å². The molecule has 1 aromatic heterocycles. The van der Waals surface area contributed by atoms with Crippen molar-refractivity contribution in [1.29, 1.82) is 0 Å². The van der Waals surface area contributed by atoms with Gasteiger partial charge in [-0.25, -0.2) is 4.39 Å². The van der Waals surface area contributed by atoms with Crippen molar-refractivity contribution < 1.29 is 13.9 Å². The van der Waals surface area contributed by atoms with Crippen molar-refractivity contribution in [2.75, 3.05) is 44.3 Å². The van der Waals surface area contributed by atoms with Gasteiger partial charge in [0.05, 0.1) is 17.5 Å². The standard InChI is InChI=1S/C27H30FN3O3/c28-25-16-20(4-7-26(25)30-12-9-21(17-30)29-10-2-11-29)31-13-8-19-15-22(5-6-24(19)27(31)32)34-18-23-3-1-14-33-23/h4-8,13,15-16,21,23H,1-3,9-12,14,17-18H2/t21?,23-/m1/s1. The summed E-state index contributed by atoms with van der Waals surface area (Å²) in [5.41, 5.74) is 0.980. The molecule has 178 valence electrons. The van der Waals surface area contributed by atoms with Crippen LogP contribution in [0.25, 0.3) is 16.5 Å². The molecule has 1 unspecified atom stereocenters. The fourth-order valence-electron chi connectivity index (χ4n) is 5.35. The maximum Gasteiger partial charge on any atom is 0.262 e. The van der Waals surface area contributed by atoms with Crippen LogP contribution in [0.4, 0.5) is 10.1 Å². The summed E-state index contributed by atoms with van der Waals surface area (Å²) in [6.45, 7) is 5.36. The van der Waals surface area contributed by atoms with E-state index in [2.05, 4.69) is 9.80 Å². The summed E-state index contributed by atoms with van der Waals surface area (Å²) in [5.74, 6) is 0.435. The number of benzene rings is 2. The third kappa shape index (κ3) is 4.07. The molecule has 0 N–H and O–H groups in total. The molecule has 3 aliphatic heterocycles. The van der Waals surface area contributed by atoms with E-state index >= 15 is 4.39 Å². The van der Waals surface area contributed by atoms with Crippen LogP contribution in [0.2, 0.25) is 0 Å². The molecule has 0 saturated carbocycles. The number of aromatic nitrogens is 1. The van der Waals surface area contributed by atoms with Gasteiger partial charge in [0.25, 0.3) is 5.56 Å². The van der Waals surface area contributed by atoms with Crippen LogP contribution in [-0.4, -0.2) is 61.0 Å². The SMILES string of the molecule is O=c1c2ccc(OC[C@H]3CCCO3)cc2ccn1-c1ccc(N2CCC(N3CCC3)C2)c(F)c1. The Morgan fingerprint density at radius 2 is 1.94 bits per heavy atom. The predicted molar refractivity (Wildman–Crippen MR) is 131 cm³/mol. The molecule has 3 fully saturated rings. The number of ether oxygens (including phenoxy) is 2. The molecule has 0 radical (unpaired) electrons. The Bertz CT molecular complexity index is 1250. The second-order valence-corrected chi connectivity index (χ2v) is 9.60. The summed E-state index contributed by atoms with van der Waals surface area (Å²) in [5, 5.41) is 1.38. The number of likely N-dealkylation sites (tertiary alicyclic amines) is 1. The van der Waals surface area contributed by atoms with E-state index in [1.54, 1.807) is 12.3 Å². The average molecular weight is 464 g/mol. The van der Waals surface area contributed by atoms with E-state index in [0.717, 1.165) is 63.2 Å². The van der Waals surface area contributed by atoms with Gasteiger partial charge in [-0.3, -0.25) is 14.3 Å². The molecule has 6 nitrogen and oxygen atoms in total. The minimum atomic E-state index is -0.286. The second-order valence-electron chi connectivity index (χ2n) is 9.60. The molecule has 0 spiro atoms. The van der Waals surface area contributed by atoms with Gasteiger partial charge < -0.3 is 14.4 Å². The molecule has 3 saturated heterocycles. The number of pyridine rings is 1. The molecule has 7 heteroatoms. The Morgan fingerprint density at radius 1 is 1.03 bits per heavy atom. The van der Waals surface area contributed by atoms with Crippen molar-refractivity contribution in [2.24, 2.45) is 0 Å². The number of nitrogens with zero attached hydrogens (tertiary/aromatic N) is 3. The highest BCUT2D eigenvalue weighted by atomic mass is 19.1. The molecule has 3 aliphatic rings. The smallest absolute Gasteiger partial charge is 0.262 e. The highest BCUT2D eigenvalue weighted by Gasteiger charge is 2.31. The minimum absolute atomic E-state index is 0.142. The van der Waals surface area contributed by atoms with Crippen molar-refractivity contribution in [3.05, 3.63) is 64.8 Å². The lowest BCUT2D eigenvalue weighted by molar-refractivity contribution is 0.0680. The number of rotatable bonds is 6. The lowest BCUT2D eigenvalue weighted by atomic mass is 10.1. The van der Waals surface area contributed by atoms with Gasteiger partial charge in [0, 0.05) is 43.4 Å². The molecular formula is C27H30FN3O3. The average Bonchev–Trinajstić information content (AvgIpc) is 3.49. The number of anilines is 1. The first-order valence-electron chi connectivity index (χ1n) is 12.3. The number of hydrogen-bond donors (Lipinski definition) is 0. The first-order chi connectivity index (χ1) is 16.7. The molecule has 0 aliphatic carbocycles. The summed E-state index contributed by atoms with van der Waals surface area (Å²) >= 11 is 0. The monoisotopic (exact) mass is 463 g/mol. The first-order valence-corrected chi connectivity index (χ1v) is 12.3. The molecule has 3 aromatic rings. The van der Waals surface area contributed by atoms with E-state index in [9.17, 15) is 4.79 Å². The maximum atomic E-state index is 15.1. The van der Waals surface area contributed by atoms with Crippen LogP contribution < -0.4 is 15.2 Å². The molecule has 4 heterocycles. The quantitative estimate of drug-likeness (QED) is 0.554. The lowest BCUT2D eigenvalue weighted by Crippen LogP contribution is -2.46. The van der Waals surface area contributed by atoms with Crippen molar-refractivity contribution in [3.63, 3.8) is 0 Å². The van der Waals surface area contributed by atoms with Crippen LogP contribution in [0.3, 0.4) is 0 Å². The van der Waals surface area contributed by atoms with Gasteiger partial charge in [-0.1, -0.05) is 0 Å². The topological polar surface area (TPSA) is 46.9 Å². The largest absolute Gasteiger partial charge is 0.491 e. The van der Waals surface area contributed by atoms with Crippen molar-refractivity contribution in [3.8, 4) is 11.4 Å². The van der Waals surface area contributed by atoms with Gasteiger partial charge in [-0.2, -0.15) is 0 Å².